The van der Waals surface area contributed by atoms with Crippen LogP contribution in [0.3, 0.4) is 0 Å². The van der Waals surface area contributed by atoms with Gasteiger partial charge in [0.2, 0.25) is 0 Å². The summed E-state index contributed by atoms with van der Waals surface area (Å²) in [6.45, 7) is -0.0200. The van der Waals surface area contributed by atoms with Gasteiger partial charge in [-0.05, 0) is 18.2 Å². The number of hydrogen-bond donors (Lipinski definition) is 2. The van der Waals surface area contributed by atoms with Gasteiger partial charge >= 0.3 is 0 Å². The van der Waals surface area contributed by atoms with E-state index >= 15 is 0 Å². The van der Waals surface area contributed by atoms with Crippen molar-refractivity contribution in [1.82, 2.24) is 4.98 Å². The van der Waals surface area contributed by atoms with Gasteiger partial charge in [0.25, 0.3) is 5.91 Å². The topological polar surface area (TPSA) is 62.2 Å². The molecule has 1 aromatic carbocycles. The van der Waals surface area contributed by atoms with Crippen LogP contribution >= 0.6 is 0 Å². The molecule has 0 spiro atoms. The van der Waals surface area contributed by atoms with Crippen molar-refractivity contribution in [3.05, 3.63) is 59.7 Å². The molecule has 2 rings (SSSR count). The highest BCUT2D eigenvalue weighted by atomic mass is 19.1. The molecule has 0 aliphatic rings. The van der Waals surface area contributed by atoms with E-state index in [1.54, 1.807) is 18.2 Å². The number of nitrogens with zero attached hydrogens (tertiary/aromatic N) is 1. The Balaban J connectivity index is 2.15. The molecule has 0 aliphatic carbocycles. The lowest BCUT2D eigenvalue weighted by atomic mass is 10.2. The van der Waals surface area contributed by atoms with Gasteiger partial charge < -0.3 is 10.4 Å². The van der Waals surface area contributed by atoms with Crippen LogP contribution in [0.4, 0.5) is 10.1 Å². The molecule has 0 saturated carbocycles. The largest absolute Gasteiger partial charge is 0.395 e. The van der Waals surface area contributed by atoms with Gasteiger partial charge in [-0.15, -0.1) is 0 Å². The van der Waals surface area contributed by atoms with Crippen LogP contribution in [0.25, 0.3) is 0 Å². The number of benzene rings is 1. The number of rotatable bonds is 3. The molecule has 0 atom stereocenters. The molecule has 0 fully saturated rings. The van der Waals surface area contributed by atoms with Crippen molar-refractivity contribution in [2.45, 2.75) is 6.42 Å². The van der Waals surface area contributed by atoms with Gasteiger partial charge in [0.05, 0.1) is 17.9 Å². The molecule has 0 radical (unpaired) electrons. The molecule has 0 saturated heterocycles. The molecule has 4 nitrogen and oxygen atoms in total. The number of amides is 1. The van der Waals surface area contributed by atoms with E-state index in [1.165, 1.54) is 24.5 Å². The third kappa shape index (κ3) is 4.13. The lowest BCUT2D eigenvalue weighted by molar-refractivity contribution is 0.102. The fraction of sp³-hybridized carbons (Fsp3) is 0.125. The summed E-state index contributed by atoms with van der Waals surface area (Å²) >= 11 is 0. The van der Waals surface area contributed by atoms with Crippen LogP contribution in [-0.4, -0.2) is 22.6 Å². The molecular formula is C16H13FN2O2. The summed E-state index contributed by atoms with van der Waals surface area (Å²) in [4.78, 5) is 16.0. The van der Waals surface area contributed by atoms with Gasteiger partial charge in [-0.2, -0.15) is 0 Å². The summed E-state index contributed by atoms with van der Waals surface area (Å²) in [6, 6.07) is 7.49. The predicted octanol–water partition coefficient (Wildman–Crippen LogP) is 2.21. The molecule has 5 heteroatoms. The maximum atomic E-state index is 13.5. The van der Waals surface area contributed by atoms with Crippen LogP contribution in [-0.2, 0) is 0 Å². The maximum Gasteiger partial charge on any atom is 0.257 e. The number of aliphatic hydroxyl groups excluding tert-OH is 1. The Morgan fingerprint density at radius 2 is 2.14 bits per heavy atom. The van der Waals surface area contributed by atoms with Crippen molar-refractivity contribution in [2.75, 3.05) is 11.9 Å². The number of carbonyl (C=O) groups excluding carboxylic acids is 1. The van der Waals surface area contributed by atoms with Crippen molar-refractivity contribution in [3.8, 4) is 11.8 Å². The van der Waals surface area contributed by atoms with E-state index in [4.69, 9.17) is 5.11 Å². The van der Waals surface area contributed by atoms with Gasteiger partial charge in [-0.3, -0.25) is 9.78 Å². The zero-order valence-corrected chi connectivity index (χ0v) is 11.1. The molecular weight excluding hydrogens is 271 g/mol. The molecule has 0 bridgehead atoms. The van der Waals surface area contributed by atoms with Gasteiger partial charge in [-0.1, -0.05) is 24.0 Å². The Hall–Kier alpha value is -2.71. The molecule has 1 heterocycles. The Labute approximate surface area is 121 Å². The number of anilines is 1. The minimum absolute atomic E-state index is 0.0200. The van der Waals surface area contributed by atoms with Crippen molar-refractivity contribution >= 4 is 11.6 Å². The highest BCUT2D eigenvalue weighted by Gasteiger charge is 2.09. The third-order valence-electron chi connectivity index (χ3n) is 2.59. The number of nitrogens with one attached hydrogen (secondary N) is 1. The minimum Gasteiger partial charge on any atom is -0.395 e. The molecule has 0 aliphatic heterocycles. The number of carbonyl (C=O) groups is 1. The SMILES string of the molecule is O=C(Nc1ccccc1F)c1cncc(C#CCCO)c1. The van der Waals surface area contributed by atoms with Crippen LogP contribution in [0, 0.1) is 17.7 Å². The van der Waals surface area contributed by atoms with E-state index < -0.39 is 11.7 Å². The van der Waals surface area contributed by atoms with Gasteiger partial charge in [-0.25, -0.2) is 4.39 Å². The average molecular weight is 284 g/mol. The van der Waals surface area contributed by atoms with Crippen molar-refractivity contribution < 1.29 is 14.3 Å². The Morgan fingerprint density at radius 3 is 2.90 bits per heavy atom. The molecule has 2 N–H and O–H groups in total. The van der Waals surface area contributed by atoms with E-state index in [2.05, 4.69) is 22.1 Å². The number of halogens is 1. The number of para-hydroxylation sites is 1. The van der Waals surface area contributed by atoms with Crippen LogP contribution in [0.1, 0.15) is 22.3 Å². The Morgan fingerprint density at radius 1 is 1.33 bits per heavy atom. The first-order valence-electron chi connectivity index (χ1n) is 6.31. The second kappa shape index (κ2) is 7.17. The second-order valence-electron chi connectivity index (χ2n) is 4.17. The quantitative estimate of drug-likeness (QED) is 0.849. The molecule has 106 valence electrons. The Bertz CT molecular complexity index is 705. The summed E-state index contributed by atoms with van der Waals surface area (Å²) in [7, 11) is 0. The van der Waals surface area contributed by atoms with Crippen molar-refractivity contribution in [3.63, 3.8) is 0 Å². The van der Waals surface area contributed by atoms with Crippen LogP contribution in [0.2, 0.25) is 0 Å². The molecule has 1 amide bonds. The van der Waals surface area contributed by atoms with Gasteiger partial charge in [0, 0.05) is 24.4 Å². The normalized spacial score (nSPS) is 9.62. The standard InChI is InChI=1S/C16H13FN2O2/c17-14-6-1-2-7-15(14)19-16(21)13-9-12(10-18-11-13)5-3-4-8-20/h1-2,6-7,9-11,20H,4,8H2,(H,19,21). The number of pyridine rings is 1. The lowest BCUT2D eigenvalue weighted by Crippen LogP contribution is -2.13. The molecule has 2 aromatic rings. The third-order valence-corrected chi connectivity index (χ3v) is 2.59. The zero-order chi connectivity index (χ0) is 15.1. The lowest BCUT2D eigenvalue weighted by Gasteiger charge is -2.06. The van der Waals surface area contributed by atoms with Crippen LogP contribution in [0.15, 0.2) is 42.7 Å². The smallest absolute Gasteiger partial charge is 0.257 e. The predicted molar refractivity (Wildman–Crippen MR) is 77.2 cm³/mol. The van der Waals surface area contributed by atoms with E-state index in [9.17, 15) is 9.18 Å². The summed E-state index contributed by atoms with van der Waals surface area (Å²) in [5, 5.41) is 11.1. The fourth-order valence-corrected chi connectivity index (χ4v) is 1.61. The summed E-state index contributed by atoms with van der Waals surface area (Å²) < 4.78 is 13.5. The van der Waals surface area contributed by atoms with Crippen LogP contribution in [0.5, 0.6) is 0 Å². The monoisotopic (exact) mass is 284 g/mol. The van der Waals surface area contributed by atoms with E-state index in [0.29, 0.717) is 12.0 Å². The van der Waals surface area contributed by atoms with E-state index in [0.717, 1.165) is 0 Å². The first-order valence-corrected chi connectivity index (χ1v) is 6.31. The summed E-state index contributed by atoms with van der Waals surface area (Å²) in [5.74, 6) is 4.57. The van der Waals surface area contributed by atoms with Crippen molar-refractivity contribution in [2.24, 2.45) is 0 Å². The number of hydrogen-bond acceptors (Lipinski definition) is 3. The number of aromatic nitrogens is 1. The maximum absolute atomic E-state index is 13.5. The zero-order valence-electron chi connectivity index (χ0n) is 11.1. The first-order chi connectivity index (χ1) is 10.2. The Kier molecular flexibility index (Phi) is 5.02. The van der Waals surface area contributed by atoms with Gasteiger partial charge in [0.15, 0.2) is 0 Å². The highest BCUT2D eigenvalue weighted by molar-refractivity contribution is 6.04. The summed E-state index contributed by atoms with van der Waals surface area (Å²) in [6.07, 6.45) is 3.25. The number of aliphatic hydroxyl groups is 1. The summed E-state index contributed by atoms with van der Waals surface area (Å²) in [5.41, 5.74) is 0.956. The van der Waals surface area contributed by atoms with E-state index in [1.807, 2.05) is 0 Å². The van der Waals surface area contributed by atoms with E-state index in [-0.39, 0.29) is 17.9 Å². The fourth-order valence-electron chi connectivity index (χ4n) is 1.61. The van der Waals surface area contributed by atoms with Gasteiger partial charge in [0.1, 0.15) is 5.82 Å². The first kappa shape index (κ1) is 14.7. The molecule has 0 unspecified atom stereocenters. The van der Waals surface area contributed by atoms with Crippen LogP contribution < -0.4 is 5.32 Å². The molecule has 1 aromatic heterocycles. The minimum atomic E-state index is -0.502. The second-order valence-corrected chi connectivity index (χ2v) is 4.17. The average Bonchev–Trinajstić information content (AvgIpc) is 2.50. The van der Waals surface area contributed by atoms with Crippen molar-refractivity contribution in [1.29, 1.82) is 0 Å². The molecule has 21 heavy (non-hydrogen) atoms. The highest BCUT2D eigenvalue weighted by Crippen LogP contribution is 2.14.